The number of methoxy groups -OCH3 is 1. The second kappa shape index (κ2) is 6.83. The lowest BCUT2D eigenvalue weighted by Crippen LogP contribution is -2.20. The molecule has 0 saturated carbocycles. The van der Waals surface area contributed by atoms with Gasteiger partial charge in [0.05, 0.1) is 18.2 Å². The zero-order valence-electron chi connectivity index (χ0n) is 12.5. The Morgan fingerprint density at radius 3 is 2.29 bits per heavy atom. The van der Waals surface area contributed by atoms with Crippen LogP contribution in [0, 0.1) is 13.8 Å². The molecule has 2 rings (SSSR count). The third-order valence-corrected chi connectivity index (χ3v) is 3.59. The van der Waals surface area contributed by atoms with Crippen LogP contribution in [0.1, 0.15) is 22.7 Å². The Balaban J connectivity index is 2.11. The fourth-order valence-corrected chi connectivity index (χ4v) is 2.43. The maximum atomic E-state index is 6.22. The van der Waals surface area contributed by atoms with Gasteiger partial charge in [-0.2, -0.15) is 0 Å². The molecule has 21 heavy (non-hydrogen) atoms. The average Bonchev–Trinajstić information content (AvgIpc) is 2.46. The number of rotatable bonds is 5. The second-order valence-electron chi connectivity index (χ2n) is 5.10. The Kier molecular flexibility index (Phi) is 5.10. The molecule has 1 atom stereocenters. The summed E-state index contributed by atoms with van der Waals surface area (Å²) >= 11 is 6.15. The molecular weight excluding hydrogens is 286 g/mol. The number of ether oxygens (including phenoxy) is 2. The van der Waals surface area contributed by atoms with Crippen LogP contribution < -0.4 is 15.2 Å². The molecule has 0 saturated heterocycles. The minimum absolute atomic E-state index is 0.280. The molecule has 2 N–H and O–H groups in total. The van der Waals surface area contributed by atoms with Crippen LogP contribution in [0.15, 0.2) is 36.4 Å². The van der Waals surface area contributed by atoms with Gasteiger partial charge in [0.1, 0.15) is 18.1 Å². The summed E-state index contributed by atoms with van der Waals surface area (Å²) in [6, 6.07) is 11.3. The number of aryl methyl sites for hydroxylation is 2. The molecule has 2 aromatic rings. The lowest BCUT2D eigenvalue weighted by molar-refractivity contribution is 0.286. The zero-order valence-corrected chi connectivity index (χ0v) is 13.3. The van der Waals surface area contributed by atoms with Gasteiger partial charge < -0.3 is 15.2 Å². The van der Waals surface area contributed by atoms with E-state index in [2.05, 4.69) is 0 Å². The summed E-state index contributed by atoms with van der Waals surface area (Å²) in [4.78, 5) is 0. The van der Waals surface area contributed by atoms with E-state index in [1.165, 1.54) is 0 Å². The standard InChI is InChI=1S/C17H20ClNO2/c1-11-4-6-16(20-3)13(8-11)15(19)10-21-17-7-5-12(2)9-14(17)18/h4-9,15H,10,19H2,1-3H3. The normalized spacial score (nSPS) is 12.0. The highest BCUT2D eigenvalue weighted by atomic mass is 35.5. The van der Waals surface area contributed by atoms with Gasteiger partial charge in [-0.1, -0.05) is 35.4 Å². The Morgan fingerprint density at radius 2 is 1.67 bits per heavy atom. The Morgan fingerprint density at radius 1 is 1.05 bits per heavy atom. The molecule has 0 amide bonds. The number of hydrogen-bond donors (Lipinski definition) is 1. The van der Waals surface area contributed by atoms with E-state index < -0.39 is 0 Å². The molecule has 3 nitrogen and oxygen atoms in total. The van der Waals surface area contributed by atoms with Gasteiger partial charge >= 0.3 is 0 Å². The van der Waals surface area contributed by atoms with Gasteiger partial charge in [-0.3, -0.25) is 0 Å². The van der Waals surface area contributed by atoms with Gasteiger partial charge in [-0.25, -0.2) is 0 Å². The summed E-state index contributed by atoms with van der Waals surface area (Å²) in [6.07, 6.45) is 0. The van der Waals surface area contributed by atoms with Crippen molar-refractivity contribution in [3.8, 4) is 11.5 Å². The first kappa shape index (κ1) is 15.7. The molecule has 0 aliphatic heterocycles. The van der Waals surface area contributed by atoms with E-state index in [1.54, 1.807) is 7.11 Å². The fraction of sp³-hybridized carbons (Fsp3) is 0.294. The first-order valence-electron chi connectivity index (χ1n) is 6.80. The molecule has 0 bridgehead atoms. The first-order valence-corrected chi connectivity index (χ1v) is 7.18. The van der Waals surface area contributed by atoms with Crippen LogP contribution >= 0.6 is 11.6 Å². The van der Waals surface area contributed by atoms with E-state index >= 15 is 0 Å². The van der Waals surface area contributed by atoms with Crippen molar-refractivity contribution in [2.24, 2.45) is 5.73 Å². The quantitative estimate of drug-likeness (QED) is 0.906. The van der Waals surface area contributed by atoms with Crippen molar-refractivity contribution in [1.29, 1.82) is 0 Å². The molecule has 0 spiro atoms. The van der Waals surface area contributed by atoms with Gasteiger partial charge in [0, 0.05) is 5.56 Å². The first-order chi connectivity index (χ1) is 10.0. The van der Waals surface area contributed by atoms with E-state index in [0.717, 1.165) is 22.4 Å². The minimum atomic E-state index is -0.280. The Labute approximate surface area is 130 Å². The molecule has 112 valence electrons. The van der Waals surface area contributed by atoms with Crippen LogP contribution in [0.3, 0.4) is 0 Å². The van der Waals surface area contributed by atoms with Crippen molar-refractivity contribution in [2.75, 3.05) is 13.7 Å². The van der Waals surface area contributed by atoms with Gasteiger partial charge in [-0.15, -0.1) is 0 Å². The van der Waals surface area contributed by atoms with Gasteiger partial charge in [0.2, 0.25) is 0 Å². The predicted molar refractivity (Wildman–Crippen MR) is 86.3 cm³/mol. The highest BCUT2D eigenvalue weighted by Gasteiger charge is 2.14. The third-order valence-electron chi connectivity index (χ3n) is 3.29. The van der Waals surface area contributed by atoms with Crippen molar-refractivity contribution in [3.05, 3.63) is 58.1 Å². The van der Waals surface area contributed by atoms with Crippen LogP contribution in [0.5, 0.6) is 11.5 Å². The summed E-state index contributed by atoms with van der Waals surface area (Å²) < 4.78 is 11.1. The molecule has 0 aliphatic carbocycles. The van der Waals surface area contributed by atoms with Crippen molar-refractivity contribution >= 4 is 11.6 Å². The van der Waals surface area contributed by atoms with E-state index in [-0.39, 0.29) is 6.04 Å². The van der Waals surface area contributed by atoms with Gasteiger partial charge in [0.25, 0.3) is 0 Å². The van der Waals surface area contributed by atoms with Crippen molar-refractivity contribution < 1.29 is 9.47 Å². The van der Waals surface area contributed by atoms with Crippen LogP contribution in [-0.4, -0.2) is 13.7 Å². The fourth-order valence-electron chi connectivity index (χ4n) is 2.14. The van der Waals surface area contributed by atoms with Gasteiger partial charge in [0.15, 0.2) is 0 Å². The average molecular weight is 306 g/mol. The van der Waals surface area contributed by atoms with Crippen molar-refractivity contribution in [2.45, 2.75) is 19.9 Å². The van der Waals surface area contributed by atoms with Crippen molar-refractivity contribution in [3.63, 3.8) is 0 Å². The Bertz CT molecular complexity index is 628. The SMILES string of the molecule is COc1ccc(C)cc1C(N)COc1ccc(C)cc1Cl. The summed E-state index contributed by atoms with van der Waals surface area (Å²) in [5.74, 6) is 1.41. The maximum absolute atomic E-state index is 6.22. The van der Waals surface area contributed by atoms with E-state index in [9.17, 15) is 0 Å². The molecule has 0 aliphatic rings. The molecule has 1 unspecified atom stereocenters. The second-order valence-corrected chi connectivity index (χ2v) is 5.50. The minimum Gasteiger partial charge on any atom is -0.496 e. The smallest absolute Gasteiger partial charge is 0.138 e. The largest absolute Gasteiger partial charge is 0.496 e. The molecule has 0 heterocycles. The van der Waals surface area contributed by atoms with Crippen LogP contribution in [0.4, 0.5) is 0 Å². The van der Waals surface area contributed by atoms with Crippen LogP contribution in [0.2, 0.25) is 5.02 Å². The lowest BCUT2D eigenvalue weighted by Gasteiger charge is -2.17. The summed E-state index contributed by atoms with van der Waals surface area (Å²) in [7, 11) is 1.64. The molecule has 4 heteroatoms. The van der Waals surface area contributed by atoms with Gasteiger partial charge in [-0.05, 0) is 37.6 Å². The summed E-state index contributed by atoms with van der Waals surface area (Å²) in [6.45, 7) is 4.34. The highest BCUT2D eigenvalue weighted by molar-refractivity contribution is 6.32. The summed E-state index contributed by atoms with van der Waals surface area (Å²) in [5.41, 5.74) is 9.38. The topological polar surface area (TPSA) is 44.5 Å². The lowest BCUT2D eigenvalue weighted by atomic mass is 10.0. The zero-order chi connectivity index (χ0) is 15.4. The number of benzene rings is 2. The molecular formula is C17H20ClNO2. The molecule has 0 radical (unpaired) electrons. The molecule has 2 aromatic carbocycles. The molecule has 0 aromatic heterocycles. The predicted octanol–water partition coefficient (Wildman–Crippen LogP) is 4.04. The van der Waals surface area contributed by atoms with Crippen LogP contribution in [0.25, 0.3) is 0 Å². The van der Waals surface area contributed by atoms with Crippen molar-refractivity contribution in [1.82, 2.24) is 0 Å². The number of halogens is 1. The van der Waals surface area contributed by atoms with E-state index in [1.807, 2.05) is 50.2 Å². The third kappa shape index (κ3) is 3.90. The highest BCUT2D eigenvalue weighted by Crippen LogP contribution is 2.28. The number of hydrogen-bond acceptors (Lipinski definition) is 3. The van der Waals surface area contributed by atoms with Crippen LogP contribution in [-0.2, 0) is 0 Å². The monoisotopic (exact) mass is 305 g/mol. The summed E-state index contributed by atoms with van der Waals surface area (Å²) in [5, 5.41) is 0.596. The van der Waals surface area contributed by atoms with E-state index in [0.29, 0.717) is 17.4 Å². The van der Waals surface area contributed by atoms with E-state index in [4.69, 9.17) is 26.8 Å². The molecule has 0 fully saturated rings. The Hall–Kier alpha value is -1.71. The number of nitrogens with two attached hydrogens (primary N) is 1. The maximum Gasteiger partial charge on any atom is 0.138 e.